The Bertz CT molecular complexity index is 471. The summed E-state index contributed by atoms with van der Waals surface area (Å²) in [5.74, 6) is 0. The van der Waals surface area contributed by atoms with Crippen molar-refractivity contribution in [2.45, 2.75) is 40.0 Å². The Morgan fingerprint density at radius 3 is 2.80 bits per heavy atom. The lowest BCUT2D eigenvalue weighted by Gasteiger charge is -2.09. The van der Waals surface area contributed by atoms with Crippen LogP contribution >= 0.6 is 0 Å². The van der Waals surface area contributed by atoms with Gasteiger partial charge in [-0.05, 0) is 43.4 Å². The fourth-order valence-corrected chi connectivity index (χ4v) is 1.89. The predicted octanol–water partition coefficient (Wildman–Crippen LogP) is 2.69. The number of nitrogens with zero attached hydrogens (tertiary/aromatic N) is 3. The van der Waals surface area contributed by atoms with Crippen LogP contribution in [0.5, 0.6) is 0 Å². The van der Waals surface area contributed by atoms with Crippen molar-refractivity contribution in [2.24, 2.45) is 0 Å². The molecule has 0 fully saturated rings. The average molecular weight is 203 g/mol. The van der Waals surface area contributed by atoms with E-state index < -0.39 is 0 Å². The van der Waals surface area contributed by atoms with E-state index in [2.05, 4.69) is 37.1 Å². The van der Waals surface area contributed by atoms with Gasteiger partial charge in [-0.1, -0.05) is 13.3 Å². The van der Waals surface area contributed by atoms with Crippen LogP contribution in [0, 0.1) is 13.8 Å². The summed E-state index contributed by atoms with van der Waals surface area (Å²) in [6, 6.07) is 0. The summed E-state index contributed by atoms with van der Waals surface area (Å²) in [4.78, 5) is 4.25. The van der Waals surface area contributed by atoms with Crippen molar-refractivity contribution in [3.05, 3.63) is 29.2 Å². The van der Waals surface area contributed by atoms with Crippen molar-refractivity contribution >= 4 is 5.65 Å². The molecule has 0 aliphatic rings. The van der Waals surface area contributed by atoms with Gasteiger partial charge in [-0.15, -0.1) is 0 Å². The third-order valence-electron chi connectivity index (χ3n) is 3.03. The summed E-state index contributed by atoms with van der Waals surface area (Å²) in [5, 5.41) is 4.19. The quantitative estimate of drug-likeness (QED) is 0.767. The highest BCUT2D eigenvalue weighted by atomic mass is 15.3. The minimum atomic E-state index is 0.979. The summed E-state index contributed by atoms with van der Waals surface area (Å²) in [7, 11) is 0. The molecule has 0 N–H and O–H groups in total. The second-order valence-electron chi connectivity index (χ2n) is 4.04. The highest BCUT2D eigenvalue weighted by Gasteiger charge is 2.07. The first kappa shape index (κ1) is 10.1. The topological polar surface area (TPSA) is 30.2 Å². The van der Waals surface area contributed by atoms with Crippen LogP contribution in [0.4, 0.5) is 0 Å². The van der Waals surface area contributed by atoms with Gasteiger partial charge in [-0.3, -0.25) is 0 Å². The molecule has 0 saturated heterocycles. The van der Waals surface area contributed by atoms with Crippen molar-refractivity contribution in [3.63, 3.8) is 0 Å². The maximum atomic E-state index is 4.25. The van der Waals surface area contributed by atoms with Crippen molar-refractivity contribution in [3.8, 4) is 0 Å². The van der Waals surface area contributed by atoms with E-state index in [0.29, 0.717) is 0 Å². The van der Waals surface area contributed by atoms with Crippen LogP contribution < -0.4 is 0 Å². The molecule has 0 saturated carbocycles. The third-order valence-corrected chi connectivity index (χ3v) is 3.03. The largest absolute Gasteiger partial charge is 0.221 e. The maximum Gasteiger partial charge on any atom is 0.158 e. The van der Waals surface area contributed by atoms with Crippen LogP contribution in [-0.2, 0) is 6.42 Å². The van der Waals surface area contributed by atoms with Crippen LogP contribution in [0.15, 0.2) is 12.5 Å². The van der Waals surface area contributed by atoms with Gasteiger partial charge in [-0.2, -0.15) is 5.10 Å². The number of hydrogen-bond donors (Lipinski definition) is 0. The molecule has 2 rings (SSSR count). The molecule has 2 heterocycles. The molecule has 0 aromatic carbocycles. The van der Waals surface area contributed by atoms with E-state index >= 15 is 0 Å². The zero-order valence-electron chi connectivity index (χ0n) is 9.62. The standard InChI is InChI=1S/C12H17N3/c1-4-5-6-11-7-15-12(13-8-14-15)10(3)9(11)2/h7-8H,4-6H2,1-3H3. The Balaban J connectivity index is 2.50. The average Bonchev–Trinajstić information content (AvgIpc) is 2.69. The summed E-state index contributed by atoms with van der Waals surface area (Å²) in [5.41, 5.74) is 4.99. The molecule has 80 valence electrons. The Morgan fingerprint density at radius 1 is 1.27 bits per heavy atom. The van der Waals surface area contributed by atoms with E-state index in [9.17, 15) is 0 Å². The fraction of sp³-hybridized carbons (Fsp3) is 0.500. The molecule has 0 atom stereocenters. The van der Waals surface area contributed by atoms with Crippen molar-refractivity contribution in [1.29, 1.82) is 0 Å². The van der Waals surface area contributed by atoms with Gasteiger partial charge in [-0.25, -0.2) is 9.50 Å². The zero-order valence-corrected chi connectivity index (χ0v) is 9.62. The summed E-state index contributed by atoms with van der Waals surface area (Å²) < 4.78 is 1.88. The van der Waals surface area contributed by atoms with Crippen LogP contribution in [-0.4, -0.2) is 14.6 Å². The van der Waals surface area contributed by atoms with E-state index in [1.807, 2.05) is 4.52 Å². The molecule has 3 nitrogen and oxygen atoms in total. The molecule has 0 aliphatic heterocycles. The molecule has 2 aromatic heterocycles. The number of pyridine rings is 1. The number of hydrogen-bond acceptors (Lipinski definition) is 2. The molecule has 2 aromatic rings. The third kappa shape index (κ3) is 1.74. The first-order chi connectivity index (χ1) is 7.24. The van der Waals surface area contributed by atoms with Crippen molar-refractivity contribution in [1.82, 2.24) is 14.6 Å². The van der Waals surface area contributed by atoms with E-state index in [4.69, 9.17) is 0 Å². The second kappa shape index (κ2) is 4.01. The fourth-order valence-electron chi connectivity index (χ4n) is 1.89. The van der Waals surface area contributed by atoms with Gasteiger partial charge in [0.15, 0.2) is 5.65 Å². The molecule has 0 radical (unpaired) electrons. The Kier molecular flexibility index (Phi) is 2.71. The lowest BCUT2D eigenvalue weighted by Crippen LogP contribution is -2.00. The Morgan fingerprint density at radius 2 is 2.07 bits per heavy atom. The number of unbranched alkanes of at least 4 members (excludes halogenated alkanes) is 1. The summed E-state index contributed by atoms with van der Waals surface area (Å²) >= 11 is 0. The highest BCUT2D eigenvalue weighted by Crippen LogP contribution is 2.18. The van der Waals surface area contributed by atoms with Gasteiger partial charge in [0.2, 0.25) is 0 Å². The Hall–Kier alpha value is -1.38. The lowest BCUT2D eigenvalue weighted by molar-refractivity contribution is 0.779. The van der Waals surface area contributed by atoms with E-state index in [0.717, 1.165) is 12.1 Å². The van der Waals surface area contributed by atoms with Crippen LogP contribution in [0.1, 0.15) is 36.5 Å². The summed E-state index contributed by atoms with van der Waals surface area (Å²) in [6.07, 6.45) is 7.33. The molecular weight excluding hydrogens is 186 g/mol. The van der Waals surface area contributed by atoms with Gasteiger partial charge in [0.05, 0.1) is 0 Å². The number of aromatic nitrogens is 3. The van der Waals surface area contributed by atoms with E-state index in [1.165, 1.54) is 29.5 Å². The van der Waals surface area contributed by atoms with Gasteiger partial charge >= 0.3 is 0 Å². The van der Waals surface area contributed by atoms with Crippen LogP contribution in [0.25, 0.3) is 5.65 Å². The van der Waals surface area contributed by atoms with E-state index in [-0.39, 0.29) is 0 Å². The molecule has 0 bridgehead atoms. The van der Waals surface area contributed by atoms with Crippen molar-refractivity contribution in [2.75, 3.05) is 0 Å². The smallest absolute Gasteiger partial charge is 0.158 e. The van der Waals surface area contributed by atoms with Gasteiger partial charge < -0.3 is 0 Å². The zero-order chi connectivity index (χ0) is 10.8. The van der Waals surface area contributed by atoms with Gasteiger partial charge in [0.25, 0.3) is 0 Å². The van der Waals surface area contributed by atoms with Crippen LogP contribution in [0.2, 0.25) is 0 Å². The monoisotopic (exact) mass is 203 g/mol. The normalized spacial score (nSPS) is 11.1. The van der Waals surface area contributed by atoms with Crippen molar-refractivity contribution < 1.29 is 0 Å². The number of aryl methyl sites for hydroxylation is 2. The maximum absolute atomic E-state index is 4.25. The second-order valence-corrected chi connectivity index (χ2v) is 4.04. The first-order valence-corrected chi connectivity index (χ1v) is 5.52. The number of rotatable bonds is 3. The predicted molar refractivity (Wildman–Crippen MR) is 61.1 cm³/mol. The minimum absolute atomic E-state index is 0.979. The Labute approximate surface area is 90.1 Å². The molecular formula is C12H17N3. The minimum Gasteiger partial charge on any atom is -0.221 e. The molecule has 0 unspecified atom stereocenters. The van der Waals surface area contributed by atoms with Crippen LogP contribution in [0.3, 0.4) is 0 Å². The molecule has 3 heteroatoms. The molecule has 0 spiro atoms. The molecule has 0 amide bonds. The van der Waals surface area contributed by atoms with E-state index in [1.54, 1.807) is 6.33 Å². The molecule has 0 aliphatic carbocycles. The van der Waals surface area contributed by atoms with Gasteiger partial charge in [0.1, 0.15) is 6.33 Å². The SMILES string of the molecule is CCCCc1cn2ncnc2c(C)c1C. The molecule has 15 heavy (non-hydrogen) atoms. The highest BCUT2D eigenvalue weighted by molar-refractivity contribution is 5.52. The summed E-state index contributed by atoms with van der Waals surface area (Å²) in [6.45, 7) is 6.51. The number of fused-ring (bicyclic) bond motifs is 1. The first-order valence-electron chi connectivity index (χ1n) is 5.52. The lowest BCUT2D eigenvalue weighted by atomic mass is 10.0. The van der Waals surface area contributed by atoms with Gasteiger partial charge in [0, 0.05) is 6.20 Å².